The van der Waals surface area contributed by atoms with Crippen molar-refractivity contribution < 1.29 is 9.53 Å². The van der Waals surface area contributed by atoms with Crippen molar-refractivity contribution in [2.45, 2.75) is 39.2 Å². The van der Waals surface area contributed by atoms with E-state index >= 15 is 0 Å². The molecule has 1 aromatic heterocycles. The third kappa shape index (κ3) is 2.62. The molecule has 132 valence electrons. The summed E-state index contributed by atoms with van der Waals surface area (Å²) < 4.78 is 5.73. The van der Waals surface area contributed by atoms with Gasteiger partial charge in [-0.25, -0.2) is 9.78 Å². The number of hydrogen-bond acceptors (Lipinski definition) is 4. The molecular weight excluding hydrogens is 314 g/mol. The summed E-state index contributed by atoms with van der Waals surface area (Å²) in [5.74, 6) is 0.989. The summed E-state index contributed by atoms with van der Waals surface area (Å²) in [7, 11) is 1.81. The number of hydrogen-bond donors (Lipinski definition) is 0. The molecule has 4 rings (SSSR count). The standard InChI is InChI=1S/C20H25N3O2/c1-13-6-7-16-14(2)10-17(21-18(16)15(13)3)23-9-5-8-20(12-23)11-22(4)19(24)25-20/h6-7,10H,5,8-9,11-12H2,1-4H3. The summed E-state index contributed by atoms with van der Waals surface area (Å²) in [5.41, 5.74) is 4.42. The number of ether oxygens (including phenoxy) is 1. The molecule has 5 heteroatoms. The van der Waals surface area contributed by atoms with Gasteiger partial charge in [0.1, 0.15) is 11.4 Å². The predicted molar refractivity (Wildman–Crippen MR) is 99.2 cm³/mol. The normalized spacial score (nSPS) is 23.6. The van der Waals surface area contributed by atoms with Gasteiger partial charge in [-0.2, -0.15) is 0 Å². The van der Waals surface area contributed by atoms with Crippen molar-refractivity contribution in [1.29, 1.82) is 0 Å². The Morgan fingerprint density at radius 3 is 2.68 bits per heavy atom. The first-order valence-corrected chi connectivity index (χ1v) is 8.95. The van der Waals surface area contributed by atoms with Crippen molar-refractivity contribution in [3.63, 3.8) is 0 Å². The van der Waals surface area contributed by atoms with Crippen molar-refractivity contribution in [2.75, 3.05) is 31.6 Å². The lowest BCUT2D eigenvalue weighted by Gasteiger charge is -2.39. The van der Waals surface area contributed by atoms with Gasteiger partial charge in [-0.05, 0) is 56.4 Å². The van der Waals surface area contributed by atoms with Crippen LogP contribution in [0.3, 0.4) is 0 Å². The highest BCUT2D eigenvalue weighted by atomic mass is 16.6. The van der Waals surface area contributed by atoms with Crippen LogP contribution in [0.25, 0.3) is 10.9 Å². The maximum absolute atomic E-state index is 11.9. The van der Waals surface area contributed by atoms with Gasteiger partial charge in [-0.15, -0.1) is 0 Å². The van der Waals surface area contributed by atoms with E-state index in [-0.39, 0.29) is 6.09 Å². The highest BCUT2D eigenvalue weighted by Crippen LogP contribution is 2.34. The molecule has 0 saturated carbocycles. The molecule has 1 aromatic carbocycles. The van der Waals surface area contributed by atoms with Gasteiger partial charge in [-0.1, -0.05) is 12.1 Å². The average molecular weight is 339 g/mol. The molecule has 1 amide bonds. The lowest BCUT2D eigenvalue weighted by atomic mass is 9.92. The average Bonchev–Trinajstić information content (AvgIpc) is 2.84. The van der Waals surface area contributed by atoms with E-state index in [0.717, 1.165) is 30.7 Å². The highest BCUT2D eigenvalue weighted by molar-refractivity contribution is 5.87. The summed E-state index contributed by atoms with van der Waals surface area (Å²) in [6, 6.07) is 6.49. The molecule has 25 heavy (non-hydrogen) atoms. The van der Waals surface area contributed by atoms with Gasteiger partial charge >= 0.3 is 6.09 Å². The molecule has 0 radical (unpaired) electrons. The first-order valence-electron chi connectivity index (χ1n) is 8.95. The Morgan fingerprint density at radius 2 is 1.96 bits per heavy atom. The minimum atomic E-state index is -0.393. The number of rotatable bonds is 1. The second-order valence-corrected chi connectivity index (χ2v) is 7.63. The first-order chi connectivity index (χ1) is 11.9. The topological polar surface area (TPSA) is 45.7 Å². The Morgan fingerprint density at radius 1 is 1.16 bits per heavy atom. The van der Waals surface area contributed by atoms with Gasteiger partial charge in [0, 0.05) is 19.0 Å². The van der Waals surface area contributed by atoms with E-state index in [9.17, 15) is 4.79 Å². The van der Waals surface area contributed by atoms with Crippen molar-refractivity contribution >= 4 is 22.8 Å². The van der Waals surface area contributed by atoms with Crippen LogP contribution in [-0.4, -0.2) is 48.3 Å². The van der Waals surface area contributed by atoms with E-state index in [1.807, 2.05) is 0 Å². The molecule has 0 N–H and O–H groups in total. The van der Waals surface area contributed by atoms with Crippen LogP contribution in [0.1, 0.15) is 29.5 Å². The number of nitrogens with zero attached hydrogens (tertiary/aromatic N) is 3. The van der Waals surface area contributed by atoms with Crippen LogP contribution in [0.4, 0.5) is 10.6 Å². The molecule has 3 heterocycles. The number of fused-ring (bicyclic) bond motifs is 1. The summed E-state index contributed by atoms with van der Waals surface area (Å²) in [4.78, 5) is 20.8. The Kier molecular flexibility index (Phi) is 3.63. The first kappa shape index (κ1) is 16.2. The zero-order chi connectivity index (χ0) is 17.8. The Labute approximate surface area is 148 Å². The Balaban J connectivity index is 1.72. The molecule has 0 aliphatic carbocycles. The molecule has 2 saturated heterocycles. The number of pyridine rings is 1. The second kappa shape index (κ2) is 5.61. The summed E-state index contributed by atoms with van der Waals surface area (Å²) in [6.07, 6.45) is 1.72. The van der Waals surface area contributed by atoms with E-state index in [1.165, 1.54) is 22.1 Å². The molecule has 1 spiro atoms. The molecule has 2 aromatic rings. The lowest BCUT2D eigenvalue weighted by molar-refractivity contribution is 0.0445. The number of benzene rings is 1. The van der Waals surface area contributed by atoms with E-state index in [2.05, 4.69) is 43.9 Å². The number of anilines is 1. The smallest absolute Gasteiger partial charge is 0.410 e. The number of aromatic nitrogens is 1. The van der Waals surface area contributed by atoms with Gasteiger partial charge in [0.15, 0.2) is 0 Å². The number of carbonyl (C=O) groups is 1. The molecule has 1 atom stereocenters. The molecule has 1 unspecified atom stereocenters. The third-order valence-corrected chi connectivity index (χ3v) is 5.70. The number of aryl methyl sites for hydroxylation is 3. The van der Waals surface area contributed by atoms with Crippen LogP contribution >= 0.6 is 0 Å². The van der Waals surface area contributed by atoms with Crippen LogP contribution in [0, 0.1) is 20.8 Å². The molecule has 2 aliphatic heterocycles. The zero-order valence-corrected chi connectivity index (χ0v) is 15.4. The van der Waals surface area contributed by atoms with Gasteiger partial charge < -0.3 is 14.5 Å². The van der Waals surface area contributed by atoms with Gasteiger partial charge in [0.2, 0.25) is 0 Å². The molecule has 0 bridgehead atoms. The quantitative estimate of drug-likeness (QED) is 0.797. The Bertz CT molecular complexity index is 864. The number of piperidine rings is 1. The highest BCUT2D eigenvalue weighted by Gasteiger charge is 2.46. The van der Waals surface area contributed by atoms with Gasteiger partial charge in [-0.3, -0.25) is 0 Å². The monoisotopic (exact) mass is 339 g/mol. The lowest BCUT2D eigenvalue weighted by Crippen LogP contribution is -2.50. The van der Waals surface area contributed by atoms with E-state index < -0.39 is 5.60 Å². The van der Waals surface area contributed by atoms with Crippen LogP contribution in [0.15, 0.2) is 18.2 Å². The fraction of sp³-hybridized carbons (Fsp3) is 0.500. The van der Waals surface area contributed by atoms with Crippen LogP contribution < -0.4 is 4.90 Å². The van der Waals surface area contributed by atoms with Crippen molar-refractivity contribution in [3.05, 3.63) is 34.9 Å². The minimum Gasteiger partial charge on any atom is -0.439 e. The van der Waals surface area contributed by atoms with Crippen molar-refractivity contribution in [1.82, 2.24) is 9.88 Å². The summed E-state index contributed by atoms with van der Waals surface area (Å²) in [6.45, 7) is 8.73. The third-order valence-electron chi connectivity index (χ3n) is 5.70. The fourth-order valence-corrected chi connectivity index (χ4v) is 4.14. The zero-order valence-electron chi connectivity index (χ0n) is 15.4. The van der Waals surface area contributed by atoms with Crippen LogP contribution in [0.5, 0.6) is 0 Å². The van der Waals surface area contributed by atoms with Crippen molar-refractivity contribution in [3.8, 4) is 0 Å². The predicted octanol–water partition coefficient (Wildman–Crippen LogP) is 3.58. The van der Waals surface area contributed by atoms with E-state index in [4.69, 9.17) is 9.72 Å². The molecule has 5 nitrogen and oxygen atoms in total. The largest absolute Gasteiger partial charge is 0.439 e. The number of likely N-dealkylation sites (N-methyl/N-ethyl adjacent to an activating group) is 1. The fourth-order valence-electron chi connectivity index (χ4n) is 4.14. The summed E-state index contributed by atoms with van der Waals surface area (Å²) in [5, 5.41) is 1.21. The van der Waals surface area contributed by atoms with Crippen molar-refractivity contribution in [2.24, 2.45) is 0 Å². The van der Waals surface area contributed by atoms with Crippen LogP contribution in [0.2, 0.25) is 0 Å². The second-order valence-electron chi connectivity index (χ2n) is 7.63. The number of amides is 1. The maximum atomic E-state index is 11.9. The molecule has 2 fully saturated rings. The summed E-state index contributed by atoms with van der Waals surface area (Å²) >= 11 is 0. The van der Waals surface area contributed by atoms with Crippen LogP contribution in [-0.2, 0) is 4.74 Å². The minimum absolute atomic E-state index is 0.212. The Hall–Kier alpha value is -2.30. The number of carbonyl (C=O) groups excluding carboxylic acids is 1. The van der Waals surface area contributed by atoms with E-state index in [0.29, 0.717) is 13.1 Å². The molecular formula is C20H25N3O2. The SMILES string of the molecule is Cc1ccc2c(C)cc(N3CCCC4(CN(C)C(=O)O4)C3)nc2c1C. The van der Waals surface area contributed by atoms with Gasteiger partial charge in [0.25, 0.3) is 0 Å². The maximum Gasteiger partial charge on any atom is 0.410 e. The molecule has 2 aliphatic rings. The van der Waals surface area contributed by atoms with Gasteiger partial charge in [0.05, 0.1) is 18.6 Å². The van der Waals surface area contributed by atoms with E-state index in [1.54, 1.807) is 11.9 Å².